The van der Waals surface area contributed by atoms with Gasteiger partial charge in [0.1, 0.15) is 24.4 Å². The van der Waals surface area contributed by atoms with Gasteiger partial charge in [-0.3, -0.25) is 4.90 Å². The van der Waals surface area contributed by atoms with Crippen LogP contribution in [0.5, 0.6) is 5.75 Å². The van der Waals surface area contributed by atoms with Crippen LogP contribution in [0.25, 0.3) is 11.3 Å². The van der Waals surface area contributed by atoms with Crippen LogP contribution in [0.4, 0.5) is 28.8 Å². The number of nitrogens with zero attached hydrogens (tertiary/aromatic N) is 6. The maximum Gasteiger partial charge on any atom is 0.229 e. The maximum atomic E-state index is 13.1. The Labute approximate surface area is 264 Å². The molecule has 45 heavy (non-hydrogen) atoms. The minimum atomic E-state index is -2.56. The largest absolute Gasteiger partial charge is 0.494 e. The normalized spacial score (nSPS) is 16.5. The van der Waals surface area contributed by atoms with E-state index in [4.69, 9.17) is 9.72 Å². The number of hydrogen-bond acceptors (Lipinski definition) is 11. The first-order chi connectivity index (χ1) is 21.8. The molecule has 4 heterocycles. The quantitative estimate of drug-likeness (QED) is 0.185. The minimum absolute atomic E-state index is 0.392. The molecule has 2 aliphatic heterocycles. The Balaban J connectivity index is 1.27. The lowest BCUT2D eigenvalue weighted by molar-refractivity contribution is 0.150. The lowest BCUT2D eigenvalue weighted by atomic mass is 9.99. The summed E-state index contributed by atoms with van der Waals surface area (Å²) in [5.41, 5.74) is 5.23. The van der Waals surface area contributed by atoms with E-state index in [-0.39, 0.29) is 0 Å². The maximum absolute atomic E-state index is 13.1. The number of piperidine rings is 1. The number of hydrogen-bond donors (Lipinski definition) is 4. The number of methoxy groups -OCH3 is 1. The van der Waals surface area contributed by atoms with E-state index in [9.17, 15) is 4.57 Å². The molecule has 2 fully saturated rings. The highest BCUT2D eigenvalue weighted by Crippen LogP contribution is 2.40. The fourth-order valence-corrected chi connectivity index (χ4v) is 7.49. The number of para-hydroxylation sites is 1. The Bertz CT molecular complexity index is 1640. The molecule has 0 aliphatic carbocycles. The first-order valence-electron chi connectivity index (χ1n) is 15.7. The molecule has 0 spiro atoms. The number of anilines is 5. The van der Waals surface area contributed by atoms with Gasteiger partial charge in [0.2, 0.25) is 5.95 Å². The molecule has 0 atom stereocenters. The van der Waals surface area contributed by atoms with Crippen LogP contribution in [0.15, 0.2) is 48.8 Å². The molecule has 2 aliphatic rings. The summed E-state index contributed by atoms with van der Waals surface area (Å²) in [6, 6.07) is 12.5. The van der Waals surface area contributed by atoms with Crippen molar-refractivity contribution in [3.63, 3.8) is 0 Å². The van der Waals surface area contributed by atoms with Crippen LogP contribution in [0, 0.1) is 0 Å². The van der Waals surface area contributed by atoms with Crippen LogP contribution >= 0.6 is 7.14 Å². The van der Waals surface area contributed by atoms with E-state index < -0.39 is 7.14 Å². The fraction of sp³-hybridized carbons (Fsp3) is 0.438. The van der Waals surface area contributed by atoms with Gasteiger partial charge in [0.15, 0.2) is 0 Å². The third-order valence-corrected chi connectivity index (χ3v) is 10.3. The number of nitrogens with one attached hydrogen (secondary N) is 4. The Kier molecular flexibility index (Phi) is 9.34. The van der Waals surface area contributed by atoms with Crippen LogP contribution in [0.1, 0.15) is 25.3 Å². The second kappa shape index (κ2) is 13.6. The van der Waals surface area contributed by atoms with Crippen molar-refractivity contribution in [2.24, 2.45) is 0 Å². The van der Waals surface area contributed by atoms with Crippen molar-refractivity contribution in [1.29, 1.82) is 0 Å². The van der Waals surface area contributed by atoms with Gasteiger partial charge in [0, 0.05) is 68.6 Å². The number of H-pyrrole nitrogens is 1. The molecule has 0 radical (unpaired) electrons. The standard InChI is InChI=1S/C32H43N10O2P/c1-5-22-18-26(29(44-2)19-28(22)42-14-10-23(11-15-42)41-16-12-33-13-17-41)37-32-34-20-24(27-21-35-40-39-27)31(38-32)36-25-8-6-7-9-30(25)45(3,4)43/h6-9,18-21,23,33H,5,10-17H2,1-4H3,(H,35,39,40)(H2,34,36,37,38). The van der Waals surface area contributed by atoms with Gasteiger partial charge in [-0.05, 0) is 56.4 Å². The first kappa shape index (κ1) is 31.0. The van der Waals surface area contributed by atoms with Crippen molar-refractivity contribution in [3.8, 4) is 17.0 Å². The first-order valence-corrected chi connectivity index (χ1v) is 18.3. The molecular formula is C32H43N10O2P. The van der Waals surface area contributed by atoms with Gasteiger partial charge >= 0.3 is 0 Å². The topological polar surface area (TPSA) is 136 Å². The van der Waals surface area contributed by atoms with Crippen LogP contribution in [-0.4, -0.2) is 96.0 Å². The van der Waals surface area contributed by atoms with E-state index in [2.05, 4.69) is 65.2 Å². The summed E-state index contributed by atoms with van der Waals surface area (Å²) in [6.07, 6.45) is 6.55. The molecule has 4 aromatic rings. The molecule has 0 unspecified atom stereocenters. The van der Waals surface area contributed by atoms with E-state index >= 15 is 0 Å². The molecule has 0 bridgehead atoms. The van der Waals surface area contributed by atoms with Gasteiger partial charge < -0.3 is 30.2 Å². The summed E-state index contributed by atoms with van der Waals surface area (Å²) >= 11 is 0. The van der Waals surface area contributed by atoms with Crippen molar-refractivity contribution in [3.05, 3.63) is 54.4 Å². The highest BCUT2D eigenvalue weighted by atomic mass is 31.2. The summed E-state index contributed by atoms with van der Waals surface area (Å²) in [4.78, 5) is 14.6. The number of rotatable bonds is 10. The molecule has 2 aromatic heterocycles. The second-order valence-electron chi connectivity index (χ2n) is 12.0. The zero-order valence-corrected chi connectivity index (χ0v) is 27.4. The van der Waals surface area contributed by atoms with Gasteiger partial charge in [-0.2, -0.15) is 20.4 Å². The van der Waals surface area contributed by atoms with Gasteiger partial charge in [0.25, 0.3) is 0 Å². The Morgan fingerprint density at radius 3 is 2.49 bits per heavy atom. The molecule has 2 saturated heterocycles. The summed E-state index contributed by atoms with van der Waals surface area (Å²) in [6.45, 7) is 12.2. The molecule has 12 nitrogen and oxygen atoms in total. The predicted molar refractivity (Wildman–Crippen MR) is 182 cm³/mol. The zero-order chi connectivity index (χ0) is 31.4. The smallest absolute Gasteiger partial charge is 0.229 e. The number of piperazine rings is 1. The third-order valence-electron chi connectivity index (χ3n) is 8.72. The summed E-state index contributed by atoms with van der Waals surface area (Å²) < 4.78 is 19.0. The average molecular weight is 631 g/mol. The molecule has 0 saturated carbocycles. The van der Waals surface area contributed by atoms with Gasteiger partial charge in [-0.15, -0.1) is 0 Å². The summed E-state index contributed by atoms with van der Waals surface area (Å²) in [5.74, 6) is 1.64. The summed E-state index contributed by atoms with van der Waals surface area (Å²) in [5, 5.41) is 21.9. The highest BCUT2D eigenvalue weighted by Gasteiger charge is 2.27. The Morgan fingerprint density at radius 2 is 1.80 bits per heavy atom. The van der Waals surface area contributed by atoms with E-state index in [1.807, 2.05) is 24.3 Å². The van der Waals surface area contributed by atoms with Crippen LogP contribution < -0.4 is 30.9 Å². The number of aromatic amines is 1. The number of aryl methyl sites for hydroxylation is 1. The summed E-state index contributed by atoms with van der Waals surface area (Å²) in [7, 11) is -0.870. The third kappa shape index (κ3) is 6.98. The number of benzene rings is 2. The van der Waals surface area contributed by atoms with Gasteiger partial charge in [-0.1, -0.05) is 19.1 Å². The van der Waals surface area contributed by atoms with Crippen molar-refractivity contribution in [2.45, 2.75) is 32.2 Å². The number of ether oxygens (including phenoxy) is 1. The lowest BCUT2D eigenvalue weighted by Gasteiger charge is -2.41. The molecule has 0 amide bonds. The molecule has 2 aromatic carbocycles. The SMILES string of the molecule is CCc1cc(Nc2ncc(-c3cn[nH]n3)c(Nc3ccccc3P(C)(C)=O)n2)c(OC)cc1N1CCC(N2CCNCC2)CC1. The van der Waals surface area contributed by atoms with E-state index in [1.165, 1.54) is 24.1 Å². The zero-order valence-electron chi connectivity index (χ0n) is 26.5. The highest BCUT2D eigenvalue weighted by molar-refractivity contribution is 7.70. The average Bonchev–Trinajstić information content (AvgIpc) is 3.60. The minimum Gasteiger partial charge on any atom is -0.494 e. The Hall–Kier alpha value is -3.99. The van der Waals surface area contributed by atoms with Crippen molar-refractivity contribution in [2.75, 3.05) is 75.2 Å². The van der Waals surface area contributed by atoms with Gasteiger partial charge in [-0.25, -0.2) is 4.98 Å². The van der Waals surface area contributed by atoms with Crippen LogP contribution in [-0.2, 0) is 11.0 Å². The van der Waals surface area contributed by atoms with E-state index in [1.54, 1.807) is 32.8 Å². The number of aromatic nitrogens is 5. The van der Waals surface area contributed by atoms with Crippen molar-refractivity contribution in [1.82, 2.24) is 35.6 Å². The molecule has 13 heteroatoms. The molecular weight excluding hydrogens is 587 g/mol. The van der Waals surface area contributed by atoms with Crippen molar-refractivity contribution < 1.29 is 9.30 Å². The second-order valence-corrected chi connectivity index (χ2v) is 15.2. The molecule has 6 rings (SSSR count). The van der Waals surface area contributed by atoms with Crippen LogP contribution in [0.3, 0.4) is 0 Å². The van der Waals surface area contributed by atoms with E-state index in [0.29, 0.717) is 29.1 Å². The van der Waals surface area contributed by atoms with E-state index in [0.717, 1.165) is 68.1 Å². The fourth-order valence-electron chi connectivity index (χ4n) is 6.33. The Morgan fingerprint density at radius 1 is 1.02 bits per heavy atom. The van der Waals surface area contributed by atoms with Gasteiger partial charge in [0.05, 0.1) is 30.2 Å². The predicted octanol–water partition coefficient (Wildman–Crippen LogP) is 4.44. The molecule has 4 N–H and O–H groups in total. The van der Waals surface area contributed by atoms with Crippen molar-refractivity contribution >= 4 is 41.3 Å². The lowest BCUT2D eigenvalue weighted by Crippen LogP contribution is -2.52. The monoisotopic (exact) mass is 630 g/mol. The molecule has 238 valence electrons. The van der Waals surface area contributed by atoms with Crippen LogP contribution in [0.2, 0.25) is 0 Å².